The molecular formula is C26H34N7O+. The van der Waals surface area contributed by atoms with Gasteiger partial charge in [0.05, 0.1) is 24.4 Å². The van der Waals surface area contributed by atoms with Crippen LogP contribution in [0, 0.1) is 22.2 Å². The largest absolute Gasteiger partial charge is 0.383 e. The van der Waals surface area contributed by atoms with Crippen molar-refractivity contribution in [2.45, 2.75) is 84.2 Å². The second kappa shape index (κ2) is 6.97. The lowest BCUT2D eigenvalue weighted by molar-refractivity contribution is -0.345. The number of amides is 1. The van der Waals surface area contributed by atoms with Crippen molar-refractivity contribution in [3.05, 3.63) is 11.1 Å². The van der Waals surface area contributed by atoms with Gasteiger partial charge in [0.1, 0.15) is 23.3 Å². The molecule has 4 aliphatic rings. The van der Waals surface area contributed by atoms with E-state index < -0.39 is 0 Å². The Labute approximate surface area is 200 Å². The Bertz CT molecular complexity index is 1270. The molecule has 2 saturated carbocycles. The lowest BCUT2D eigenvalue weighted by Crippen LogP contribution is -2.38. The second-order valence-electron chi connectivity index (χ2n) is 12.1. The molecule has 2 bridgehead atoms. The van der Waals surface area contributed by atoms with Crippen molar-refractivity contribution in [2.24, 2.45) is 10.8 Å². The van der Waals surface area contributed by atoms with Gasteiger partial charge in [0.2, 0.25) is 17.5 Å². The summed E-state index contributed by atoms with van der Waals surface area (Å²) in [5, 5.41) is 11.7. The Morgan fingerprint density at radius 1 is 1.12 bits per heavy atom. The van der Waals surface area contributed by atoms with Crippen LogP contribution in [0.3, 0.4) is 0 Å². The van der Waals surface area contributed by atoms with E-state index >= 15 is 0 Å². The first-order valence-corrected chi connectivity index (χ1v) is 12.6. The van der Waals surface area contributed by atoms with E-state index in [2.05, 4.69) is 41.7 Å². The van der Waals surface area contributed by atoms with Crippen molar-refractivity contribution in [3.8, 4) is 6.07 Å². The molecule has 2 aliphatic heterocycles. The van der Waals surface area contributed by atoms with E-state index in [0.717, 1.165) is 62.9 Å². The fraction of sp³-hybridized carbons (Fsp3) is 0.615. The Morgan fingerprint density at radius 2 is 1.85 bits per heavy atom. The van der Waals surface area contributed by atoms with E-state index in [1.54, 1.807) is 0 Å². The number of anilines is 4. The van der Waals surface area contributed by atoms with Gasteiger partial charge in [0.15, 0.2) is 0 Å². The van der Waals surface area contributed by atoms with Crippen LogP contribution in [0.15, 0.2) is 0 Å². The molecule has 2 aromatic rings. The molecule has 178 valence electrons. The number of carbonyl (C=O) groups is 1. The number of nitriles is 1. The van der Waals surface area contributed by atoms with Crippen LogP contribution in [-0.2, 0) is 11.2 Å². The summed E-state index contributed by atoms with van der Waals surface area (Å²) in [6.07, 6.45) is 7.78. The van der Waals surface area contributed by atoms with Crippen molar-refractivity contribution in [1.82, 2.24) is 4.98 Å². The van der Waals surface area contributed by atoms with Gasteiger partial charge in [-0.15, -0.1) is 0 Å². The molecule has 2 aliphatic carbocycles. The number of hydrogen-bond donors (Lipinski definition) is 2. The molecule has 0 aromatic carbocycles. The maximum Gasteiger partial charge on any atom is 0.240 e. The number of nitrogens with two attached hydrogens (primary N) is 2. The summed E-state index contributed by atoms with van der Waals surface area (Å²) >= 11 is 0. The average Bonchev–Trinajstić information content (AvgIpc) is 3.42. The van der Waals surface area contributed by atoms with Crippen molar-refractivity contribution in [1.29, 1.82) is 5.26 Å². The summed E-state index contributed by atoms with van der Waals surface area (Å²) in [6.45, 7) is 7.92. The summed E-state index contributed by atoms with van der Waals surface area (Å²) in [7, 11) is 0. The summed E-state index contributed by atoms with van der Waals surface area (Å²) in [4.78, 5) is 25.4. The standard InChI is InChI=1S/C26H33N7O/c1-25(2)9-15-10-26(3,12-25)13-32(15)23-17(11-27)19-16-8-18(34)33(14-6-4-5-7-14)24(16)31-22(29)20(19)21(28)30-23/h14-15H,4-10,12-13H2,1-3H3,(H2,28,30)(H2,29,31)/p+1/t15-,26-/m0/s1. The number of pyridine rings is 2. The number of hydrogen-bond acceptors (Lipinski definition) is 6. The van der Waals surface area contributed by atoms with E-state index in [4.69, 9.17) is 11.5 Å². The van der Waals surface area contributed by atoms with Gasteiger partial charge in [-0.2, -0.15) is 5.26 Å². The lowest BCUT2D eigenvalue weighted by Gasteiger charge is -2.38. The summed E-state index contributed by atoms with van der Waals surface area (Å²) in [5.74, 6) is 2.12. The Balaban J connectivity index is 1.56. The van der Waals surface area contributed by atoms with Gasteiger partial charge in [0.25, 0.3) is 0 Å². The quantitative estimate of drug-likeness (QED) is 0.708. The highest BCUT2D eigenvalue weighted by molar-refractivity contribution is 6.12. The molecule has 2 atom stereocenters. The predicted molar refractivity (Wildman–Crippen MR) is 132 cm³/mol. The Kier molecular flexibility index (Phi) is 4.40. The van der Waals surface area contributed by atoms with Gasteiger partial charge in [-0.3, -0.25) is 14.6 Å². The van der Waals surface area contributed by atoms with Crippen LogP contribution in [0.5, 0.6) is 0 Å². The minimum atomic E-state index is 0.0458. The molecule has 3 fully saturated rings. The van der Waals surface area contributed by atoms with Crippen LogP contribution >= 0.6 is 0 Å². The number of nitrogens with zero attached hydrogens (tertiary/aromatic N) is 4. The fourth-order valence-corrected chi connectivity index (χ4v) is 7.85. The molecule has 1 amide bonds. The zero-order chi connectivity index (χ0) is 24.0. The van der Waals surface area contributed by atoms with Gasteiger partial charge in [-0.1, -0.05) is 33.6 Å². The number of rotatable bonds is 2. The SMILES string of the molecule is CC1(C)C[C@H]2C[C@](C)(CN2c2[nH+]c(N)c3c(N)nc4c(c3c2C#N)CC(=O)N4C2CCCC2)C1. The second-order valence-corrected chi connectivity index (χ2v) is 12.1. The molecular weight excluding hydrogens is 426 g/mol. The van der Waals surface area contributed by atoms with E-state index in [9.17, 15) is 10.1 Å². The normalized spacial score (nSPS) is 28.1. The van der Waals surface area contributed by atoms with Crippen LogP contribution in [0.2, 0.25) is 0 Å². The van der Waals surface area contributed by atoms with Crippen LogP contribution in [0.25, 0.3) is 10.8 Å². The van der Waals surface area contributed by atoms with E-state index in [1.807, 2.05) is 4.90 Å². The van der Waals surface area contributed by atoms with Gasteiger partial charge in [-0.25, -0.2) is 9.97 Å². The maximum absolute atomic E-state index is 13.2. The highest BCUT2D eigenvalue weighted by Crippen LogP contribution is 2.54. The topological polar surface area (TPSA) is 126 Å². The monoisotopic (exact) mass is 460 g/mol. The highest BCUT2D eigenvalue weighted by Gasteiger charge is 2.53. The molecule has 6 rings (SSSR count). The van der Waals surface area contributed by atoms with Gasteiger partial charge >= 0.3 is 0 Å². The molecule has 5 N–H and O–H groups in total. The zero-order valence-electron chi connectivity index (χ0n) is 20.4. The van der Waals surface area contributed by atoms with Crippen molar-refractivity contribution >= 4 is 40.0 Å². The number of aromatic nitrogens is 2. The van der Waals surface area contributed by atoms with Gasteiger partial charge in [-0.05, 0) is 37.5 Å². The smallest absolute Gasteiger partial charge is 0.240 e. The number of nitrogens with one attached hydrogen (secondary N) is 1. The summed E-state index contributed by atoms with van der Waals surface area (Å²) in [6, 6.07) is 2.98. The van der Waals surface area contributed by atoms with Crippen LogP contribution in [0.1, 0.15) is 76.8 Å². The van der Waals surface area contributed by atoms with E-state index in [-0.39, 0.29) is 35.0 Å². The minimum absolute atomic E-state index is 0.0458. The molecule has 8 heteroatoms. The third-order valence-corrected chi connectivity index (χ3v) is 8.64. The number of nitrogen functional groups attached to an aromatic ring is 2. The van der Waals surface area contributed by atoms with Gasteiger partial charge < -0.3 is 11.5 Å². The highest BCUT2D eigenvalue weighted by atomic mass is 16.2. The first-order valence-electron chi connectivity index (χ1n) is 12.6. The first kappa shape index (κ1) is 21.5. The summed E-state index contributed by atoms with van der Waals surface area (Å²) in [5.41, 5.74) is 14.8. The minimum Gasteiger partial charge on any atom is -0.383 e. The van der Waals surface area contributed by atoms with Crippen molar-refractivity contribution in [2.75, 3.05) is 27.8 Å². The first-order chi connectivity index (χ1) is 16.1. The molecule has 0 radical (unpaired) electrons. The lowest BCUT2D eigenvalue weighted by atomic mass is 9.65. The molecule has 8 nitrogen and oxygen atoms in total. The van der Waals surface area contributed by atoms with Crippen LogP contribution in [0.4, 0.5) is 23.3 Å². The summed E-state index contributed by atoms with van der Waals surface area (Å²) < 4.78 is 0. The number of fused-ring (bicyclic) bond motifs is 5. The number of carbonyl (C=O) groups excluding carboxylic acids is 1. The fourth-order valence-electron chi connectivity index (χ4n) is 7.85. The average molecular weight is 461 g/mol. The molecule has 4 heterocycles. The van der Waals surface area contributed by atoms with E-state index in [0.29, 0.717) is 34.0 Å². The zero-order valence-corrected chi connectivity index (χ0v) is 20.4. The third kappa shape index (κ3) is 2.98. The van der Waals surface area contributed by atoms with Crippen molar-refractivity contribution in [3.63, 3.8) is 0 Å². The number of aromatic amines is 1. The van der Waals surface area contributed by atoms with Crippen LogP contribution < -0.4 is 26.3 Å². The number of H-pyrrole nitrogens is 1. The molecule has 34 heavy (non-hydrogen) atoms. The van der Waals surface area contributed by atoms with Crippen LogP contribution in [-0.4, -0.2) is 29.5 Å². The Hall–Kier alpha value is -3.08. The molecule has 1 saturated heterocycles. The van der Waals surface area contributed by atoms with Gasteiger partial charge in [0, 0.05) is 22.4 Å². The third-order valence-electron chi connectivity index (χ3n) is 8.64. The van der Waals surface area contributed by atoms with E-state index in [1.165, 1.54) is 0 Å². The van der Waals surface area contributed by atoms with Crippen molar-refractivity contribution < 1.29 is 9.78 Å². The molecule has 2 aromatic heterocycles. The molecule has 0 spiro atoms. The Morgan fingerprint density at radius 3 is 2.56 bits per heavy atom. The predicted octanol–water partition coefficient (Wildman–Crippen LogP) is 3.32. The maximum atomic E-state index is 13.2. The molecule has 0 unspecified atom stereocenters.